The Morgan fingerprint density at radius 2 is 1.67 bits per heavy atom. The number of ether oxygens (including phenoxy) is 2. The summed E-state index contributed by atoms with van der Waals surface area (Å²) in [5.41, 5.74) is 1.06. The second kappa shape index (κ2) is 6.07. The molecule has 0 N–H and O–H groups in total. The number of hydrogen-bond donors (Lipinski definition) is 0. The molecule has 0 spiro atoms. The fourth-order valence-electron chi connectivity index (χ4n) is 1.68. The lowest BCUT2D eigenvalue weighted by Gasteiger charge is -2.18. The van der Waals surface area contributed by atoms with Crippen LogP contribution in [0.25, 0.3) is 0 Å². The van der Waals surface area contributed by atoms with Gasteiger partial charge in [0, 0.05) is 25.9 Å². The molecule has 0 saturated carbocycles. The first-order valence-electron chi connectivity index (χ1n) is 5.82. The van der Waals surface area contributed by atoms with Crippen LogP contribution in [0.3, 0.4) is 0 Å². The summed E-state index contributed by atoms with van der Waals surface area (Å²) in [5.74, 6) is 1.66. The maximum Gasteiger partial charge on any atom is 0.129 e. The van der Waals surface area contributed by atoms with E-state index in [-0.39, 0.29) is 0 Å². The van der Waals surface area contributed by atoms with Gasteiger partial charge in [0.2, 0.25) is 0 Å². The lowest BCUT2D eigenvalue weighted by atomic mass is 10.3. The molecule has 2 rings (SSSR count). The number of rotatable bonds is 5. The van der Waals surface area contributed by atoms with Gasteiger partial charge in [-0.25, -0.2) is 0 Å². The van der Waals surface area contributed by atoms with E-state index in [0.29, 0.717) is 6.73 Å². The fourth-order valence-corrected chi connectivity index (χ4v) is 1.68. The van der Waals surface area contributed by atoms with E-state index < -0.39 is 0 Å². The van der Waals surface area contributed by atoms with Crippen molar-refractivity contribution in [2.45, 2.75) is 0 Å². The Morgan fingerprint density at radius 1 is 0.944 bits per heavy atom. The molecule has 0 fully saturated rings. The predicted molar refractivity (Wildman–Crippen MR) is 73.2 cm³/mol. The predicted octanol–water partition coefficient (Wildman–Crippen LogP) is 3.52. The van der Waals surface area contributed by atoms with Crippen molar-refractivity contribution in [1.82, 2.24) is 0 Å². The molecule has 3 nitrogen and oxygen atoms in total. The SMILES string of the molecule is COCN(C)c1cccc(Oc2ccccc2)c1. The largest absolute Gasteiger partial charge is 0.457 e. The van der Waals surface area contributed by atoms with Crippen molar-refractivity contribution in [3.8, 4) is 11.5 Å². The van der Waals surface area contributed by atoms with Crippen molar-refractivity contribution >= 4 is 5.69 Å². The van der Waals surface area contributed by atoms with Crippen molar-refractivity contribution in [3.05, 3.63) is 54.6 Å². The van der Waals surface area contributed by atoms with Crippen LogP contribution in [0.1, 0.15) is 0 Å². The van der Waals surface area contributed by atoms with Gasteiger partial charge in [-0.05, 0) is 24.3 Å². The zero-order valence-corrected chi connectivity index (χ0v) is 10.7. The average molecular weight is 243 g/mol. The molecule has 0 bridgehead atoms. The number of nitrogens with zero attached hydrogens (tertiary/aromatic N) is 1. The summed E-state index contributed by atoms with van der Waals surface area (Å²) in [7, 11) is 3.66. The summed E-state index contributed by atoms with van der Waals surface area (Å²) in [5, 5.41) is 0. The van der Waals surface area contributed by atoms with E-state index >= 15 is 0 Å². The van der Waals surface area contributed by atoms with E-state index in [9.17, 15) is 0 Å². The van der Waals surface area contributed by atoms with Crippen molar-refractivity contribution in [2.24, 2.45) is 0 Å². The molecule has 3 heteroatoms. The quantitative estimate of drug-likeness (QED) is 0.750. The number of hydrogen-bond acceptors (Lipinski definition) is 3. The third-order valence-corrected chi connectivity index (χ3v) is 2.56. The maximum atomic E-state index is 5.78. The smallest absolute Gasteiger partial charge is 0.129 e. The van der Waals surface area contributed by atoms with Gasteiger partial charge in [0.05, 0.1) is 0 Å². The molecule has 0 aliphatic heterocycles. The third kappa shape index (κ3) is 3.25. The number of para-hydroxylation sites is 1. The summed E-state index contributed by atoms with van der Waals surface area (Å²) >= 11 is 0. The molecule has 0 heterocycles. The second-order valence-corrected chi connectivity index (χ2v) is 4.03. The summed E-state index contributed by atoms with van der Waals surface area (Å²) < 4.78 is 10.9. The van der Waals surface area contributed by atoms with E-state index in [1.807, 2.05) is 66.5 Å². The highest BCUT2D eigenvalue weighted by molar-refractivity contribution is 5.50. The van der Waals surface area contributed by atoms with E-state index in [4.69, 9.17) is 9.47 Å². The number of anilines is 1. The highest BCUT2D eigenvalue weighted by Gasteiger charge is 2.02. The molecule has 94 valence electrons. The topological polar surface area (TPSA) is 21.7 Å². The minimum Gasteiger partial charge on any atom is -0.457 e. The van der Waals surface area contributed by atoms with Crippen molar-refractivity contribution in [1.29, 1.82) is 0 Å². The Morgan fingerprint density at radius 3 is 2.39 bits per heavy atom. The Hall–Kier alpha value is -2.00. The molecule has 2 aromatic rings. The molecule has 0 unspecified atom stereocenters. The number of methoxy groups -OCH3 is 1. The molecule has 0 saturated heterocycles. The van der Waals surface area contributed by atoms with Crippen LogP contribution in [-0.4, -0.2) is 20.9 Å². The second-order valence-electron chi connectivity index (χ2n) is 4.03. The first kappa shape index (κ1) is 12.5. The molecular formula is C15H17NO2. The highest BCUT2D eigenvalue weighted by atomic mass is 16.5. The molecule has 18 heavy (non-hydrogen) atoms. The van der Waals surface area contributed by atoms with Gasteiger partial charge in [0.1, 0.15) is 18.2 Å². The summed E-state index contributed by atoms with van der Waals surface area (Å²) in [6, 6.07) is 17.7. The standard InChI is InChI=1S/C15H17NO2/c1-16(12-17-2)13-7-6-10-15(11-13)18-14-8-4-3-5-9-14/h3-11H,12H2,1-2H3. The zero-order chi connectivity index (χ0) is 12.8. The normalized spacial score (nSPS) is 10.1. The first-order chi connectivity index (χ1) is 8.79. The van der Waals surface area contributed by atoms with Gasteiger partial charge in [-0.15, -0.1) is 0 Å². The molecule has 0 amide bonds. The van der Waals surface area contributed by atoms with Crippen molar-refractivity contribution in [3.63, 3.8) is 0 Å². The van der Waals surface area contributed by atoms with E-state index in [2.05, 4.69) is 0 Å². The summed E-state index contributed by atoms with van der Waals surface area (Å²) in [4.78, 5) is 2.01. The average Bonchev–Trinajstić information content (AvgIpc) is 2.40. The van der Waals surface area contributed by atoms with Gasteiger partial charge >= 0.3 is 0 Å². The zero-order valence-electron chi connectivity index (χ0n) is 10.7. The maximum absolute atomic E-state index is 5.78. The first-order valence-corrected chi connectivity index (χ1v) is 5.82. The van der Waals surface area contributed by atoms with Gasteiger partial charge in [0.15, 0.2) is 0 Å². The van der Waals surface area contributed by atoms with E-state index in [1.54, 1.807) is 7.11 Å². The Labute approximate surface area is 108 Å². The van der Waals surface area contributed by atoms with Crippen LogP contribution in [0.4, 0.5) is 5.69 Å². The molecule has 0 aliphatic carbocycles. The minimum absolute atomic E-state index is 0.550. The van der Waals surface area contributed by atoms with Crippen LogP contribution in [0.15, 0.2) is 54.6 Å². The Kier molecular flexibility index (Phi) is 4.20. The third-order valence-electron chi connectivity index (χ3n) is 2.56. The van der Waals surface area contributed by atoms with Crippen molar-refractivity contribution in [2.75, 3.05) is 25.8 Å². The monoisotopic (exact) mass is 243 g/mol. The van der Waals surface area contributed by atoms with E-state index in [1.165, 1.54) is 0 Å². The molecule has 0 atom stereocenters. The Bertz CT molecular complexity index is 485. The lowest BCUT2D eigenvalue weighted by Crippen LogP contribution is -2.19. The highest BCUT2D eigenvalue weighted by Crippen LogP contribution is 2.25. The molecule has 0 aromatic heterocycles. The van der Waals surface area contributed by atoms with Gasteiger partial charge < -0.3 is 14.4 Å². The molecule has 2 aromatic carbocycles. The van der Waals surface area contributed by atoms with Gasteiger partial charge in [-0.1, -0.05) is 24.3 Å². The molecular weight excluding hydrogens is 226 g/mol. The summed E-state index contributed by atoms with van der Waals surface area (Å²) in [6.45, 7) is 0.550. The van der Waals surface area contributed by atoms with Crippen LogP contribution < -0.4 is 9.64 Å². The molecule has 0 radical (unpaired) electrons. The van der Waals surface area contributed by atoms with Crippen LogP contribution in [0.5, 0.6) is 11.5 Å². The molecule has 0 aliphatic rings. The van der Waals surface area contributed by atoms with Crippen LogP contribution in [0.2, 0.25) is 0 Å². The van der Waals surface area contributed by atoms with Crippen LogP contribution >= 0.6 is 0 Å². The Balaban J connectivity index is 2.12. The van der Waals surface area contributed by atoms with Gasteiger partial charge in [-0.2, -0.15) is 0 Å². The fraction of sp³-hybridized carbons (Fsp3) is 0.200. The lowest BCUT2D eigenvalue weighted by molar-refractivity contribution is 0.202. The van der Waals surface area contributed by atoms with Crippen molar-refractivity contribution < 1.29 is 9.47 Å². The minimum atomic E-state index is 0.550. The van der Waals surface area contributed by atoms with Gasteiger partial charge in [-0.3, -0.25) is 0 Å². The summed E-state index contributed by atoms with van der Waals surface area (Å²) in [6.07, 6.45) is 0. The van der Waals surface area contributed by atoms with Crippen LogP contribution in [0, 0.1) is 0 Å². The number of benzene rings is 2. The van der Waals surface area contributed by atoms with Crippen LogP contribution in [-0.2, 0) is 4.74 Å². The van der Waals surface area contributed by atoms with Gasteiger partial charge in [0.25, 0.3) is 0 Å². The van der Waals surface area contributed by atoms with E-state index in [0.717, 1.165) is 17.2 Å².